The number of carbonyl (C=O) groups excluding carboxylic acids is 1. The number of fused-ring (bicyclic) bond motifs is 2. The van der Waals surface area contributed by atoms with E-state index < -0.39 is 24.9 Å². The molecule has 9 heteroatoms. The maximum Gasteiger partial charge on any atom is 0.282 e. The van der Waals surface area contributed by atoms with Gasteiger partial charge in [0.15, 0.2) is 5.65 Å². The predicted molar refractivity (Wildman–Crippen MR) is 97.9 cm³/mol. The minimum absolute atomic E-state index is 0.315. The molecule has 0 unspecified atom stereocenters. The summed E-state index contributed by atoms with van der Waals surface area (Å²) in [6.07, 6.45) is 5.17. The number of halogens is 2. The molecule has 1 saturated heterocycles. The van der Waals surface area contributed by atoms with Crippen LogP contribution in [0.25, 0.3) is 33.3 Å². The van der Waals surface area contributed by atoms with Gasteiger partial charge in [0.25, 0.3) is 11.8 Å². The molecule has 1 amide bonds. The number of nitrogens with zero attached hydrogens (tertiary/aromatic N) is 6. The zero-order chi connectivity index (χ0) is 19.5. The molecule has 1 aromatic carbocycles. The molecule has 1 aliphatic rings. The lowest BCUT2D eigenvalue weighted by molar-refractivity contribution is -0.113. The van der Waals surface area contributed by atoms with Crippen molar-refractivity contribution < 1.29 is 13.6 Å². The molecule has 0 saturated carbocycles. The van der Waals surface area contributed by atoms with E-state index >= 15 is 0 Å². The van der Waals surface area contributed by atoms with E-state index in [-0.39, 0.29) is 0 Å². The lowest BCUT2D eigenvalue weighted by Gasteiger charge is -2.38. The molecule has 0 bridgehead atoms. The zero-order valence-electron chi connectivity index (χ0n) is 14.8. The Hall–Kier alpha value is -3.49. The first-order chi connectivity index (χ1) is 13.4. The van der Waals surface area contributed by atoms with Crippen LogP contribution in [-0.4, -0.2) is 54.6 Å². The molecule has 4 aromatic rings. The summed E-state index contributed by atoms with van der Waals surface area (Å²) in [4.78, 5) is 26.8. The van der Waals surface area contributed by atoms with Gasteiger partial charge in [0.05, 0.1) is 36.0 Å². The molecule has 7 nitrogen and oxygen atoms in total. The number of benzene rings is 1. The van der Waals surface area contributed by atoms with Crippen molar-refractivity contribution in [3.8, 4) is 11.3 Å². The summed E-state index contributed by atoms with van der Waals surface area (Å²) in [7, 11) is 1.82. The second kappa shape index (κ2) is 5.75. The maximum absolute atomic E-state index is 13.0. The first-order valence-electron chi connectivity index (χ1n) is 8.62. The van der Waals surface area contributed by atoms with Gasteiger partial charge in [-0.3, -0.25) is 14.5 Å². The van der Waals surface area contributed by atoms with Crippen molar-refractivity contribution in [2.45, 2.75) is 5.92 Å². The monoisotopic (exact) mass is 380 g/mol. The number of hydrogen-bond donors (Lipinski definition) is 0. The normalized spacial score (nSPS) is 15.8. The summed E-state index contributed by atoms with van der Waals surface area (Å²) in [5, 5.41) is 5.12. The highest BCUT2D eigenvalue weighted by molar-refractivity contribution is 5.98. The van der Waals surface area contributed by atoms with Crippen molar-refractivity contribution in [1.82, 2.24) is 29.6 Å². The molecule has 0 N–H and O–H groups in total. The topological polar surface area (TPSA) is 76.8 Å². The van der Waals surface area contributed by atoms with Gasteiger partial charge >= 0.3 is 0 Å². The van der Waals surface area contributed by atoms with E-state index in [0.717, 1.165) is 15.8 Å². The van der Waals surface area contributed by atoms with E-state index in [1.165, 1.54) is 0 Å². The average molecular weight is 380 g/mol. The number of likely N-dealkylation sites (tertiary alicyclic amines) is 1. The number of hydrogen-bond acceptors (Lipinski definition) is 5. The average Bonchev–Trinajstić information content (AvgIpc) is 3.03. The second-order valence-corrected chi connectivity index (χ2v) is 6.92. The molecule has 1 fully saturated rings. The van der Waals surface area contributed by atoms with Gasteiger partial charge in [-0.15, -0.1) is 0 Å². The van der Waals surface area contributed by atoms with Crippen molar-refractivity contribution in [3.63, 3.8) is 0 Å². The number of pyridine rings is 1. The summed E-state index contributed by atoms with van der Waals surface area (Å²) in [6.45, 7) is -1.10. The molecule has 3 aromatic heterocycles. The highest BCUT2D eigenvalue weighted by Gasteiger charge is 2.46. The van der Waals surface area contributed by atoms with E-state index in [9.17, 15) is 13.6 Å². The number of aromatic nitrogens is 5. The number of aryl methyl sites for hydroxylation is 1. The smallest absolute Gasteiger partial charge is 0.282 e. The molecule has 5 rings (SSSR count). The Balaban J connectivity index is 1.51. The molecule has 1 aliphatic heterocycles. The van der Waals surface area contributed by atoms with Crippen LogP contribution < -0.4 is 0 Å². The molecular weight excluding hydrogens is 366 g/mol. The number of amides is 1. The predicted octanol–water partition coefficient (Wildman–Crippen LogP) is 2.67. The fraction of sp³-hybridized carbons (Fsp3) is 0.211. The Labute approximate surface area is 157 Å². The Morgan fingerprint density at radius 1 is 1.11 bits per heavy atom. The molecule has 0 atom stereocenters. The summed E-state index contributed by atoms with van der Waals surface area (Å²) in [5.74, 6) is -3.23. The Morgan fingerprint density at radius 3 is 2.71 bits per heavy atom. The van der Waals surface area contributed by atoms with E-state index in [1.807, 2.05) is 19.3 Å². The minimum atomic E-state index is -2.79. The van der Waals surface area contributed by atoms with E-state index in [0.29, 0.717) is 27.9 Å². The maximum atomic E-state index is 13.0. The van der Waals surface area contributed by atoms with Gasteiger partial charge in [0, 0.05) is 36.0 Å². The van der Waals surface area contributed by atoms with Crippen LogP contribution in [0, 0.1) is 0 Å². The van der Waals surface area contributed by atoms with Crippen molar-refractivity contribution in [1.29, 1.82) is 0 Å². The fourth-order valence-electron chi connectivity index (χ4n) is 3.29. The quantitative estimate of drug-likeness (QED) is 0.534. The molecule has 140 valence electrons. The number of carbonyl (C=O) groups is 1. The number of rotatable bonds is 2. The Kier molecular flexibility index (Phi) is 3.42. The minimum Gasteiger partial charge on any atom is -0.326 e. The summed E-state index contributed by atoms with van der Waals surface area (Å²) >= 11 is 0. The van der Waals surface area contributed by atoms with Crippen molar-refractivity contribution in [2.24, 2.45) is 7.05 Å². The van der Waals surface area contributed by atoms with Crippen LogP contribution in [0.15, 0.2) is 42.9 Å². The SMILES string of the molecule is Cn1cc2cc(-c3cnc4ccc(C(=O)N5CC(F)(F)C5)cc4n3)cnc2n1. The Morgan fingerprint density at radius 2 is 1.93 bits per heavy atom. The van der Waals surface area contributed by atoms with E-state index in [4.69, 9.17) is 0 Å². The van der Waals surface area contributed by atoms with Crippen LogP contribution in [0.3, 0.4) is 0 Å². The summed E-state index contributed by atoms with van der Waals surface area (Å²) in [6, 6.07) is 6.75. The third kappa shape index (κ3) is 2.75. The van der Waals surface area contributed by atoms with Crippen LogP contribution in [-0.2, 0) is 7.05 Å². The lowest BCUT2D eigenvalue weighted by atomic mass is 10.1. The van der Waals surface area contributed by atoms with Crippen LogP contribution >= 0.6 is 0 Å². The molecule has 0 aliphatic carbocycles. The van der Waals surface area contributed by atoms with Crippen LogP contribution in [0.4, 0.5) is 8.78 Å². The number of alkyl halides is 2. The van der Waals surface area contributed by atoms with Crippen LogP contribution in [0.1, 0.15) is 10.4 Å². The van der Waals surface area contributed by atoms with Crippen LogP contribution in [0.5, 0.6) is 0 Å². The highest BCUT2D eigenvalue weighted by Crippen LogP contribution is 2.29. The molecule has 28 heavy (non-hydrogen) atoms. The first kappa shape index (κ1) is 16.7. The van der Waals surface area contributed by atoms with Gasteiger partial charge in [-0.25, -0.2) is 18.7 Å². The van der Waals surface area contributed by atoms with Gasteiger partial charge in [-0.1, -0.05) is 0 Å². The van der Waals surface area contributed by atoms with Gasteiger partial charge in [-0.2, -0.15) is 5.10 Å². The summed E-state index contributed by atoms with van der Waals surface area (Å²) < 4.78 is 27.8. The lowest BCUT2D eigenvalue weighted by Crippen LogP contribution is -2.58. The standard InChI is InChI=1S/C19H14F2N6O/c1-26-8-13-4-12(6-23-17(13)25-26)16-7-22-14-3-2-11(5-15(14)24-16)18(28)27-9-19(20,21)10-27/h2-8H,9-10H2,1H3. The van der Waals surface area contributed by atoms with E-state index in [2.05, 4.69) is 20.1 Å². The van der Waals surface area contributed by atoms with Crippen LogP contribution in [0.2, 0.25) is 0 Å². The van der Waals surface area contributed by atoms with Crippen molar-refractivity contribution in [3.05, 3.63) is 48.4 Å². The third-order valence-electron chi connectivity index (χ3n) is 4.69. The van der Waals surface area contributed by atoms with Gasteiger partial charge in [-0.05, 0) is 24.3 Å². The first-order valence-corrected chi connectivity index (χ1v) is 8.62. The Bertz CT molecular complexity index is 1240. The highest BCUT2D eigenvalue weighted by atomic mass is 19.3. The second-order valence-electron chi connectivity index (χ2n) is 6.92. The fourth-order valence-corrected chi connectivity index (χ4v) is 3.29. The third-order valence-corrected chi connectivity index (χ3v) is 4.69. The van der Waals surface area contributed by atoms with Crippen molar-refractivity contribution in [2.75, 3.05) is 13.1 Å². The van der Waals surface area contributed by atoms with E-state index in [1.54, 1.807) is 35.3 Å². The molecular formula is C19H14F2N6O. The molecule has 0 radical (unpaired) electrons. The van der Waals surface area contributed by atoms with Gasteiger partial charge in [0.1, 0.15) is 0 Å². The molecule has 4 heterocycles. The largest absolute Gasteiger partial charge is 0.326 e. The zero-order valence-corrected chi connectivity index (χ0v) is 14.8. The van der Waals surface area contributed by atoms with Gasteiger partial charge in [0.2, 0.25) is 0 Å². The van der Waals surface area contributed by atoms with Crippen molar-refractivity contribution >= 4 is 28.0 Å². The summed E-state index contributed by atoms with van der Waals surface area (Å²) in [5.41, 5.74) is 3.46. The van der Waals surface area contributed by atoms with Gasteiger partial charge < -0.3 is 4.90 Å². The molecule has 0 spiro atoms.